The van der Waals surface area contributed by atoms with Crippen LogP contribution in [0.2, 0.25) is 0 Å². The molecule has 1 aliphatic carbocycles. The number of rotatable bonds is 6. The topological polar surface area (TPSA) is 62.6 Å². The summed E-state index contributed by atoms with van der Waals surface area (Å²) in [6.07, 6.45) is 5.12. The number of hydrogen-bond donors (Lipinski definition) is 1. The first-order chi connectivity index (χ1) is 10.0. The summed E-state index contributed by atoms with van der Waals surface area (Å²) in [6, 6.07) is 4.10. The van der Waals surface area contributed by atoms with Crippen LogP contribution in [0.15, 0.2) is 21.6 Å². The molecule has 0 amide bonds. The molecule has 2 heterocycles. The van der Waals surface area contributed by atoms with Crippen LogP contribution in [0.5, 0.6) is 0 Å². The molecule has 1 aliphatic heterocycles. The zero-order valence-corrected chi connectivity index (χ0v) is 13.5. The Morgan fingerprint density at radius 2 is 2.05 bits per heavy atom. The minimum Gasteiger partial charge on any atom is -0.447 e. The summed E-state index contributed by atoms with van der Waals surface area (Å²) in [7, 11) is -3.51. The molecule has 1 saturated carbocycles. The lowest BCUT2D eigenvalue weighted by Gasteiger charge is -2.25. The maximum Gasteiger partial charge on any atom is 0.276 e. The second kappa shape index (κ2) is 5.74. The van der Waals surface area contributed by atoms with E-state index in [0.717, 1.165) is 19.3 Å². The highest BCUT2D eigenvalue weighted by Crippen LogP contribution is 2.33. The van der Waals surface area contributed by atoms with Gasteiger partial charge in [-0.05, 0) is 51.2 Å². The van der Waals surface area contributed by atoms with Gasteiger partial charge in [0.25, 0.3) is 10.0 Å². The average molecular weight is 312 g/mol. The van der Waals surface area contributed by atoms with Crippen LogP contribution in [-0.4, -0.2) is 30.8 Å². The van der Waals surface area contributed by atoms with Crippen LogP contribution in [0.1, 0.15) is 51.7 Å². The van der Waals surface area contributed by atoms with Crippen molar-refractivity contribution in [2.75, 3.05) is 0 Å². The highest BCUT2D eigenvalue weighted by Gasteiger charge is 2.40. The highest BCUT2D eigenvalue weighted by molar-refractivity contribution is 7.89. The van der Waals surface area contributed by atoms with Gasteiger partial charge in [0.1, 0.15) is 5.76 Å². The lowest BCUT2D eigenvalue weighted by Crippen LogP contribution is -2.39. The molecule has 0 aromatic carbocycles. The quantitative estimate of drug-likeness (QED) is 0.876. The first-order valence-electron chi connectivity index (χ1n) is 7.88. The molecule has 2 fully saturated rings. The lowest BCUT2D eigenvalue weighted by molar-refractivity contribution is 0.310. The summed E-state index contributed by atoms with van der Waals surface area (Å²) in [5, 5.41) is 3.42. The standard InChI is InChI=1S/C15H24N2O3S/c1-3-13-7-4-11(2)17(13)21(18,19)15-9-8-14(20-15)10-16-12-5-6-12/h8-9,11-13,16H,3-7,10H2,1-2H3. The van der Waals surface area contributed by atoms with Crippen molar-refractivity contribution in [1.29, 1.82) is 0 Å². The molecule has 0 spiro atoms. The Hall–Kier alpha value is -0.850. The Labute approximate surface area is 126 Å². The van der Waals surface area contributed by atoms with E-state index in [1.807, 2.05) is 13.8 Å². The van der Waals surface area contributed by atoms with E-state index in [0.29, 0.717) is 18.3 Å². The molecule has 21 heavy (non-hydrogen) atoms. The van der Waals surface area contributed by atoms with Crippen molar-refractivity contribution in [3.63, 3.8) is 0 Å². The van der Waals surface area contributed by atoms with Crippen LogP contribution >= 0.6 is 0 Å². The van der Waals surface area contributed by atoms with Crippen molar-refractivity contribution in [2.24, 2.45) is 0 Å². The van der Waals surface area contributed by atoms with Gasteiger partial charge in [0.2, 0.25) is 5.09 Å². The predicted octanol–water partition coefficient (Wildman–Crippen LogP) is 2.48. The van der Waals surface area contributed by atoms with Crippen LogP contribution in [0.3, 0.4) is 0 Å². The number of nitrogens with one attached hydrogen (secondary N) is 1. The SMILES string of the molecule is CCC1CCC(C)N1S(=O)(=O)c1ccc(CNC2CC2)o1. The van der Waals surface area contributed by atoms with Gasteiger partial charge in [-0.1, -0.05) is 6.92 Å². The van der Waals surface area contributed by atoms with Crippen molar-refractivity contribution >= 4 is 10.0 Å². The lowest BCUT2D eigenvalue weighted by atomic mass is 10.2. The molecule has 3 rings (SSSR count). The number of furan rings is 1. The fourth-order valence-corrected chi connectivity index (χ4v) is 4.98. The Kier molecular flexibility index (Phi) is 4.12. The molecule has 5 nitrogen and oxygen atoms in total. The van der Waals surface area contributed by atoms with E-state index in [9.17, 15) is 8.42 Å². The van der Waals surface area contributed by atoms with E-state index in [1.54, 1.807) is 16.4 Å². The molecule has 2 atom stereocenters. The Morgan fingerprint density at radius 3 is 2.71 bits per heavy atom. The Balaban J connectivity index is 1.77. The van der Waals surface area contributed by atoms with Gasteiger partial charge in [-0.3, -0.25) is 0 Å². The van der Waals surface area contributed by atoms with E-state index in [-0.39, 0.29) is 17.2 Å². The third kappa shape index (κ3) is 3.03. The van der Waals surface area contributed by atoms with Crippen LogP contribution < -0.4 is 5.32 Å². The predicted molar refractivity (Wildman–Crippen MR) is 80.4 cm³/mol. The van der Waals surface area contributed by atoms with Gasteiger partial charge >= 0.3 is 0 Å². The smallest absolute Gasteiger partial charge is 0.276 e. The molecule has 0 radical (unpaired) electrons. The van der Waals surface area contributed by atoms with E-state index >= 15 is 0 Å². The molecule has 1 aromatic heterocycles. The summed E-state index contributed by atoms with van der Waals surface area (Å²) >= 11 is 0. The first kappa shape index (κ1) is 15.1. The molecule has 2 unspecified atom stereocenters. The van der Waals surface area contributed by atoms with Gasteiger partial charge < -0.3 is 9.73 Å². The van der Waals surface area contributed by atoms with Crippen molar-refractivity contribution in [1.82, 2.24) is 9.62 Å². The summed E-state index contributed by atoms with van der Waals surface area (Å²) in [5.74, 6) is 0.695. The number of sulfonamides is 1. The van der Waals surface area contributed by atoms with Crippen molar-refractivity contribution in [3.05, 3.63) is 17.9 Å². The van der Waals surface area contributed by atoms with E-state index in [2.05, 4.69) is 5.32 Å². The monoisotopic (exact) mass is 312 g/mol. The highest BCUT2D eigenvalue weighted by atomic mass is 32.2. The molecule has 6 heteroatoms. The molecule has 2 aliphatic rings. The fraction of sp³-hybridized carbons (Fsp3) is 0.733. The third-order valence-corrected chi connectivity index (χ3v) is 6.44. The zero-order chi connectivity index (χ0) is 15.0. The Morgan fingerprint density at radius 1 is 1.29 bits per heavy atom. The van der Waals surface area contributed by atoms with Crippen molar-refractivity contribution in [2.45, 2.75) is 75.7 Å². The molecule has 1 N–H and O–H groups in total. The molecular formula is C15H24N2O3S. The summed E-state index contributed by atoms with van der Waals surface area (Å²) in [4.78, 5) is 0. The van der Waals surface area contributed by atoms with Crippen LogP contribution in [-0.2, 0) is 16.6 Å². The average Bonchev–Trinajstić information content (AvgIpc) is 3.00. The van der Waals surface area contributed by atoms with Gasteiger partial charge in [0, 0.05) is 18.1 Å². The van der Waals surface area contributed by atoms with Gasteiger partial charge in [-0.2, -0.15) is 4.31 Å². The summed E-state index contributed by atoms with van der Waals surface area (Å²) < 4.78 is 32.8. The molecule has 1 saturated heterocycles. The van der Waals surface area contributed by atoms with E-state index in [4.69, 9.17) is 4.42 Å². The van der Waals surface area contributed by atoms with Crippen molar-refractivity contribution in [3.8, 4) is 0 Å². The zero-order valence-electron chi connectivity index (χ0n) is 12.7. The van der Waals surface area contributed by atoms with Crippen molar-refractivity contribution < 1.29 is 12.8 Å². The fourth-order valence-electron chi connectivity index (χ4n) is 3.09. The number of nitrogens with zero attached hydrogens (tertiary/aromatic N) is 1. The maximum atomic E-state index is 12.8. The minimum absolute atomic E-state index is 0.0538. The molecule has 118 valence electrons. The van der Waals surface area contributed by atoms with Gasteiger partial charge in [-0.25, -0.2) is 8.42 Å². The van der Waals surface area contributed by atoms with Crippen LogP contribution in [0.25, 0.3) is 0 Å². The summed E-state index contributed by atoms with van der Waals surface area (Å²) in [6.45, 7) is 4.62. The van der Waals surface area contributed by atoms with Gasteiger partial charge in [0.05, 0.1) is 6.54 Å². The minimum atomic E-state index is -3.51. The second-order valence-electron chi connectivity index (χ2n) is 6.20. The van der Waals surface area contributed by atoms with Gasteiger partial charge in [0.15, 0.2) is 0 Å². The largest absolute Gasteiger partial charge is 0.447 e. The second-order valence-corrected chi connectivity index (χ2v) is 7.97. The number of hydrogen-bond acceptors (Lipinski definition) is 4. The third-order valence-electron chi connectivity index (χ3n) is 4.49. The van der Waals surface area contributed by atoms with Crippen LogP contribution in [0.4, 0.5) is 0 Å². The Bertz CT molecular complexity index is 592. The molecule has 1 aromatic rings. The van der Waals surface area contributed by atoms with E-state index in [1.165, 1.54) is 12.8 Å². The van der Waals surface area contributed by atoms with Crippen LogP contribution in [0, 0.1) is 0 Å². The normalized spacial score (nSPS) is 27.3. The van der Waals surface area contributed by atoms with Gasteiger partial charge in [-0.15, -0.1) is 0 Å². The summed E-state index contributed by atoms with van der Waals surface area (Å²) in [5.41, 5.74) is 0. The first-order valence-corrected chi connectivity index (χ1v) is 9.32. The molecular weight excluding hydrogens is 288 g/mol. The molecule has 0 bridgehead atoms. The maximum absolute atomic E-state index is 12.8. The van der Waals surface area contributed by atoms with E-state index < -0.39 is 10.0 Å².